The van der Waals surface area contributed by atoms with Gasteiger partial charge in [-0.3, -0.25) is 14.9 Å². The fraction of sp³-hybridized carbons (Fsp3) is 0.333. The molecule has 6 nitrogen and oxygen atoms in total. The van der Waals surface area contributed by atoms with E-state index in [4.69, 9.17) is 4.74 Å². The van der Waals surface area contributed by atoms with Gasteiger partial charge in [0.1, 0.15) is 5.75 Å². The SMILES string of the molecule is CCCC(NCc1ccc2c(c1)NC(=O)C(C)O2)NC(=O)c1ccccc1. The van der Waals surface area contributed by atoms with Gasteiger partial charge in [0.05, 0.1) is 11.9 Å². The summed E-state index contributed by atoms with van der Waals surface area (Å²) in [6.07, 6.45) is 1.15. The first-order valence-corrected chi connectivity index (χ1v) is 9.26. The number of amides is 2. The van der Waals surface area contributed by atoms with Crippen LogP contribution >= 0.6 is 0 Å². The van der Waals surface area contributed by atoms with Crippen molar-refractivity contribution in [3.8, 4) is 5.75 Å². The molecule has 0 aromatic heterocycles. The van der Waals surface area contributed by atoms with Crippen molar-refractivity contribution in [2.24, 2.45) is 0 Å². The molecule has 0 bridgehead atoms. The summed E-state index contributed by atoms with van der Waals surface area (Å²) >= 11 is 0. The largest absolute Gasteiger partial charge is 0.479 e. The Morgan fingerprint density at radius 2 is 2.00 bits per heavy atom. The second kappa shape index (κ2) is 8.68. The van der Waals surface area contributed by atoms with Crippen LogP contribution in [0.25, 0.3) is 0 Å². The number of hydrogen-bond donors (Lipinski definition) is 3. The number of carbonyl (C=O) groups is 2. The number of carbonyl (C=O) groups excluding carboxylic acids is 2. The highest BCUT2D eigenvalue weighted by atomic mass is 16.5. The summed E-state index contributed by atoms with van der Waals surface area (Å²) in [5.74, 6) is 0.432. The Morgan fingerprint density at radius 1 is 1.22 bits per heavy atom. The highest BCUT2D eigenvalue weighted by Crippen LogP contribution is 2.30. The first kappa shape index (κ1) is 18.9. The van der Waals surface area contributed by atoms with Crippen molar-refractivity contribution in [1.82, 2.24) is 10.6 Å². The maximum Gasteiger partial charge on any atom is 0.265 e. The van der Waals surface area contributed by atoms with E-state index in [-0.39, 0.29) is 18.0 Å². The minimum Gasteiger partial charge on any atom is -0.479 e. The Balaban J connectivity index is 1.62. The second-order valence-corrected chi connectivity index (χ2v) is 6.64. The van der Waals surface area contributed by atoms with Crippen LogP contribution in [-0.4, -0.2) is 24.1 Å². The molecule has 1 aliphatic heterocycles. The molecule has 2 aromatic carbocycles. The standard InChI is InChI=1S/C21H25N3O3/c1-3-7-19(24-21(26)16-8-5-4-6-9-16)22-13-15-10-11-18-17(12-15)23-20(25)14(2)27-18/h4-6,8-12,14,19,22H,3,7,13H2,1-2H3,(H,23,25)(H,24,26). The van der Waals surface area contributed by atoms with Crippen molar-refractivity contribution in [1.29, 1.82) is 0 Å². The highest BCUT2D eigenvalue weighted by Gasteiger charge is 2.23. The number of ether oxygens (including phenoxy) is 1. The van der Waals surface area contributed by atoms with Crippen molar-refractivity contribution in [3.05, 3.63) is 59.7 Å². The first-order chi connectivity index (χ1) is 13.1. The van der Waals surface area contributed by atoms with Gasteiger partial charge in [-0.15, -0.1) is 0 Å². The van der Waals surface area contributed by atoms with Crippen molar-refractivity contribution in [3.63, 3.8) is 0 Å². The molecule has 0 spiro atoms. The molecule has 0 saturated heterocycles. The number of nitrogens with one attached hydrogen (secondary N) is 3. The Labute approximate surface area is 159 Å². The number of benzene rings is 2. The zero-order valence-electron chi connectivity index (χ0n) is 15.6. The molecule has 0 saturated carbocycles. The van der Waals surface area contributed by atoms with Crippen molar-refractivity contribution >= 4 is 17.5 Å². The van der Waals surface area contributed by atoms with Gasteiger partial charge in [-0.2, -0.15) is 0 Å². The second-order valence-electron chi connectivity index (χ2n) is 6.64. The summed E-state index contributed by atoms with van der Waals surface area (Å²) in [7, 11) is 0. The monoisotopic (exact) mass is 367 g/mol. The average molecular weight is 367 g/mol. The highest BCUT2D eigenvalue weighted by molar-refractivity contribution is 5.97. The molecule has 0 radical (unpaired) electrons. The zero-order valence-corrected chi connectivity index (χ0v) is 15.6. The number of hydrogen-bond acceptors (Lipinski definition) is 4. The molecule has 2 aromatic rings. The molecule has 0 fully saturated rings. The maximum absolute atomic E-state index is 12.4. The Morgan fingerprint density at radius 3 is 2.74 bits per heavy atom. The van der Waals surface area contributed by atoms with Gasteiger partial charge in [-0.1, -0.05) is 37.6 Å². The van der Waals surface area contributed by atoms with Gasteiger partial charge >= 0.3 is 0 Å². The smallest absolute Gasteiger partial charge is 0.265 e. The molecule has 1 heterocycles. The van der Waals surface area contributed by atoms with Crippen molar-refractivity contribution < 1.29 is 14.3 Å². The molecule has 2 amide bonds. The fourth-order valence-electron chi connectivity index (χ4n) is 2.95. The topological polar surface area (TPSA) is 79.5 Å². The van der Waals surface area contributed by atoms with Crippen LogP contribution in [0.3, 0.4) is 0 Å². The van der Waals surface area contributed by atoms with Crippen molar-refractivity contribution in [2.75, 3.05) is 5.32 Å². The number of rotatable bonds is 7. The van der Waals surface area contributed by atoms with E-state index < -0.39 is 6.10 Å². The molecule has 1 aliphatic rings. The molecule has 3 N–H and O–H groups in total. The van der Waals surface area contributed by atoms with Crippen LogP contribution in [0.4, 0.5) is 5.69 Å². The first-order valence-electron chi connectivity index (χ1n) is 9.26. The third-order valence-electron chi connectivity index (χ3n) is 4.45. The molecule has 0 aliphatic carbocycles. The summed E-state index contributed by atoms with van der Waals surface area (Å²) in [5.41, 5.74) is 2.32. The molecular formula is C21H25N3O3. The van der Waals surface area contributed by atoms with Crippen LogP contribution in [0.5, 0.6) is 5.75 Å². The fourth-order valence-corrected chi connectivity index (χ4v) is 2.95. The predicted molar refractivity (Wildman–Crippen MR) is 105 cm³/mol. The van der Waals surface area contributed by atoms with Gasteiger partial charge in [0, 0.05) is 12.1 Å². The van der Waals surface area contributed by atoms with E-state index in [1.165, 1.54) is 0 Å². The van der Waals surface area contributed by atoms with Gasteiger partial charge in [0.25, 0.3) is 11.8 Å². The van der Waals surface area contributed by atoms with E-state index >= 15 is 0 Å². The summed E-state index contributed by atoms with van der Waals surface area (Å²) in [6, 6.07) is 14.9. The van der Waals surface area contributed by atoms with Crippen LogP contribution in [0, 0.1) is 0 Å². The molecule has 3 rings (SSSR count). The Hall–Kier alpha value is -2.86. The summed E-state index contributed by atoms with van der Waals surface area (Å²) in [6.45, 7) is 4.37. The van der Waals surface area contributed by atoms with E-state index in [2.05, 4.69) is 22.9 Å². The average Bonchev–Trinajstić information content (AvgIpc) is 2.68. The summed E-state index contributed by atoms with van der Waals surface area (Å²) < 4.78 is 5.58. The van der Waals surface area contributed by atoms with E-state index in [9.17, 15) is 9.59 Å². The lowest BCUT2D eigenvalue weighted by molar-refractivity contribution is -0.122. The minimum atomic E-state index is -0.483. The van der Waals surface area contributed by atoms with Crippen molar-refractivity contribution in [2.45, 2.75) is 45.5 Å². The van der Waals surface area contributed by atoms with E-state index in [0.717, 1.165) is 18.4 Å². The third kappa shape index (κ3) is 4.86. The van der Waals surface area contributed by atoms with Crippen LogP contribution in [0.2, 0.25) is 0 Å². The van der Waals surface area contributed by atoms with Gasteiger partial charge < -0.3 is 15.4 Å². The lowest BCUT2D eigenvalue weighted by Gasteiger charge is -2.24. The molecule has 142 valence electrons. The van der Waals surface area contributed by atoms with Gasteiger partial charge in [0.15, 0.2) is 6.10 Å². The van der Waals surface area contributed by atoms with Crippen LogP contribution in [0.15, 0.2) is 48.5 Å². The van der Waals surface area contributed by atoms with Gasteiger partial charge in [-0.25, -0.2) is 0 Å². The Kier molecular flexibility index (Phi) is 6.08. The molecule has 2 unspecified atom stereocenters. The number of fused-ring (bicyclic) bond motifs is 1. The zero-order chi connectivity index (χ0) is 19.2. The summed E-state index contributed by atoms with van der Waals surface area (Å²) in [5, 5.41) is 9.27. The van der Waals surface area contributed by atoms with E-state index in [0.29, 0.717) is 23.5 Å². The molecule has 6 heteroatoms. The number of anilines is 1. The van der Waals surface area contributed by atoms with E-state index in [1.807, 2.05) is 36.4 Å². The Bertz CT molecular complexity index is 808. The molecular weight excluding hydrogens is 342 g/mol. The quantitative estimate of drug-likeness (QED) is 0.657. The van der Waals surface area contributed by atoms with Gasteiger partial charge in [0.2, 0.25) is 0 Å². The molecule has 2 atom stereocenters. The van der Waals surface area contributed by atoms with E-state index in [1.54, 1.807) is 19.1 Å². The van der Waals surface area contributed by atoms with Crippen LogP contribution in [-0.2, 0) is 11.3 Å². The maximum atomic E-state index is 12.4. The van der Waals surface area contributed by atoms with Gasteiger partial charge in [-0.05, 0) is 43.2 Å². The lowest BCUT2D eigenvalue weighted by Crippen LogP contribution is -2.45. The third-order valence-corrected chi connectivity index (χ3v) is 4.45. The summed E-state index contributed by atoms with van der Waals surface area (Å²) in [4.78, 5) is 24.2. The lowest BCUT2D eigenvalue weighted by atomic mass is 10.1. The minimum absolute atomic E-state index is 0.0957. The normalized spacial score (nSPS) is 16.7. The van der Waals surface area contributed by atoms with Crippen LogP contribution < -0.4 is 20.7 Å². The van der Waals surface area contributed by atoms with Crippen LogP contribution in [0.1, 0.15) is 42.6 Å². The predicted octanol–water partition coefficient (Wildman–Crippen LogP) is 3.05. The molecule has 27 heavy (non-hydrogen) atoms.